The Bertz CT molecular complexity index is 1070. The first-order valence-electron chi connectivity index (χ1n) is 9.75. The molecule has 0 saturated carbocycles. The number of nitrogens with one attached hydrogen (secondary N) is 2. The third-order valence-electron chi connectivity index (χ3n) is 4.98. The van der Waals surface area contributed by atoms with Crippen molar-refractivity contribution in [2.75, 3.05) is 16.8 Å². The van der Waals surface area contributed by atoms with Crippen LogP contribution in [0.1, 0.15) is 22.4 Å². The number of thiocarbonyl (C=S) groups is 1. The lowest BCUT2D eigenvalue weighted by Gasteiger charge is -2.30. The molecule has 0 bridgehead atoms. The molecule has 2 heterocycles. The van der Waals surface area contributed by atoms with Gasteiger partial charge < -0.3 is 15.5 Å². The van der Waals surface area contributed by atoms with Gasteiger partial charge in [0.05, 0.1) is 0 Å². The molecule has 1 aliphatic heterocycles. The summed E-state index contributed by atoms with van der Waals surface area (Å²) in [6.07, 6.45) is -3.86. The number of nitrogens with zero attached hydrogens (tertiary/aromatic N) is 3. The number of hydrogen-bond acceptors (Lipinski definition) is 4. The van der Waals surface area contributed by atoms with E-state index in [1.165, 1.54) is 5.56 Å². The van der Waals surface area contributed by atoms with Crippen LogP contribution in [-0.2, 0) is 25.7 Å². The molecule has 1 aliphatic rings. The predicted octanol–water partition coefficient (Wildman–Crippen LogP) is 4.54. The first-order valence-corrected chi connectivity index (χ1v) is 10.2. The quantitative estimate of drug-likeness (QED) is 0.578. The maximum atomic E-state index is 13.5. The fourth-order valence-electron chi connectivity index (χ4n) is 3.41. The highest BCUT2D eigenvalue weighted by Crippen LogP contribution is 2.32. The van der Waals surface area contributed by atoms with Crippen LogP contribution in [0, 0.1) is 0 Å². The van der Waals surface area contributed by atoms with Gasteiger partial charge in [-0.05, 0) is 35.3 Å². The molecule has 9 heteroatoms. The van der Waals surface area contributed by atoms with Crippen LogP contribution in [0.5, 0.6) is 0 Å². The molecule has 0 radical (unpaired) electrons. The standard InChI is InChI=1S/C22H20F3N5S/c23-22(24,25)18-12-19(30-11-10-16-8-4-5-9-17(16)14-30)28-20(27-18)29-21(31)26-13-15-6-2-1-3-7-15/h1-9,12H,10-11,13-14H2,(H2,26,27,28,29,31). The predicted molar refractivity (Wildman–Crippen MR) is 118 cm³/mol. The van der Waals surface area contributed by atoms with Crippen LogP contribution in [0.25, 0.3) is 0 Å². The number of anilines is 2. The second kappa shape index (κ2) is 8.89. The van der Waals surface area contributed by atoms with E-state index in [1.54, 1.807) is 0 Å². The van der Waals surface area contributed by atoms with E-state index in [4.69, 9.17) is 12.2 Å². The normalized spacial score (nSPS) is 13.5. The third kappa shape index (κ3) is 5.29. The molecule has 0 aliphatic carbocycles. The van der Waals surface area contributed by atoms with Crippen molar-refractivity contribution in [3.63, 3.8) is 0 Å². The first kappa shape index (κ1) is 21.0. The topological polar surface area (TPSA) is 53.1 Å². The van der Waals surface area contributed by atoms with Gasteiger partial charge in [0.2, 0.25) is 5.95 Å². The summed E-state index contributed by atoms with van der Waals surface area (Å²) in [6, 6.07) is 18.4. The Hall–Kier alpha value is -3.20. The summed E-state index contributed by atoms with van der Waals surface area (Å²) in [5.41, 5.74) is 2.26. The second-order valence-electron chi connectivity index (χ2n) is 7.17. The lowest BCUT2D eigenvalue weighted by Crippen LogP contribution is -2.33. The molecule has 0 unspecified atom stereocenters. The van der Waals surface area contributed by atoms with Gasteiger partial charge in [0.25, 0.3) is 0 Å². The van der Waals surface area contributed by atoms with Gasteiger partial charge in [0.1, 0.15) is 5.82 Å². The van der Waals surface area contributed by atoms with E-state index >= 15 is 0 Å². The Morgan fingerprint density at radius 1 is 1.00 bits per heavy atom. The van der Waals surface area contributed by atoms with E-state index in [0.29, 0.717) is 19.6 Å². The van der Waals surface area contributed by atoms with E-state index in [0.717, 1.165) is 23.6 Å². The summed E-state index contributed by atoms with van der Waals surface area (Å²) in [6.45, 7) is 1.49. The van der Waals surface area contributed by atoms with Crippen molar-refractivity contribution in [3.8, 4) is 0 Å². The molecule has 5 nitrogen and oxygen atoms in total. The van der Waals surface area contributed by atoms with E-state index in [9.17, 15) is 13.2 Å². The maximum Gasteiger partial charge on any atom is 0.433 e. The second-order valence-corrected chi connectivity index (χ2v) is 7.57. The minimum Gasteiger partial charge on any atom is -0.358 e. The number of hydrogen-bond donors (Lipinski definition) is 2. The van der Waals surface area contributed by atoms with Gasteiger partial charge in [-0.15, -0.1) is 0 Å². The molecule has 3 aromatic rings. The Balaban J connectivity index is 1.53. The van der Waals surface area contributed by atoms with Crippen molar-refractivity contribution in [1.29, 1.82) is 0 Å². The smallest absolute Gasteiger partial charge is 0.358 e. The summed E-state index contributed by atoms with van der Waals surface area (Å²) in [5.74, 6) is 0.0273. The number of halogens is 3. The van der Waals surface area contributed by atoms with Crippen molar-refractivity contribution < 1.29 is 13.2 Å². The summed E-state index contributed by atoms with van der Waals surface area (Å²) < 4.78 is 40.4. The van der Waals surface area contributed by atoms with E-state index in [-0.39, 0.29) is 16.9 Å². The van der Waals surface area contributed by atoms with Gasteiger partial charge in [0, 0.05) is 25.7 Å². The maximum absolute atomic E-state index is 13.5. The molecule has 0 amide bonds. The Labute approximate surface area is 183 Å². The molecule has 0 saturated heterocycles. The molecule has 4 rings (SSSR count). The van der Waals surface area contributed by atoms with Crippen molar-refractivity contribution in [2.24, 2.45) is 0 Å². The minimum atomic E-state index is -4.60. The van der Waals surface area contributed by atoms with Gasteiger partial charge in [-0.2, -0.15) is 18.2 Å². The fraction of sp³-hybridized carbons (Fsp3) is 0.227. The van der Waals surface area contributed by atoms with Gasteiger partial charge in [-0.25, -0.2) is 4.98 Å². The first-order chi connectivity index (χ1) is 14.9. The van der Waals surface area contributed by atoms with E-state index in [1.807, 2.05) is 59.5 Å². The molecule has 0 fully saturated rings. The molecule has 2 aromatic carbocycles. The van der Waals surface area contributed by atoms with Crippen LogP contribution in [0.4, 0.5) is 24.9 Å². The van der Waals surface area contributed by atoms with Crippen molar-refractivity contribution in [1.82, 2.24) is 15.3 Å². The summed E-state index contributed by atoms with van der Waals surface area (Å²) in [7, 11) is 0. The number of alkyl halides is 3. The number of aromatic nitrogens is 2. The average molecular weight is 443 g/mol. The lowest BCUT2D eigenvalue weighted by atomic mass is 10.00. The van der Waals surface area contributed by atoms with Crippen LogP contribution in [0.3, 0.4) is 0 Å². The Kier molecular flexibility index (Phi) is 6.03. The zero-order valence-corrected chi connectivity index (χ0v) is 17.3. The fourth-order valence-corrected chi connectivity index (χ4v) is 3.58. The highest BCUT2D eigenvalue weighted by molar-refractivity contribution is 7.80. The van der Waals surface area contributed by atoms with Gasteiger partial charge in [-0.3, -0.25) is 0 Å². The zero-order chi connectivity index (χ0) is 21.8. The molecule has 31 heavy (non-hydrogen) atoms. The zero-order valence-electron chi connectivity index (χ0n) is 16.5. The highest BCUT2D eigenvalue weighted by Gasteiger charge is 2.34. The monoisotopic (exact) mass is 443 g/mol. The molecular formula is C22H20F3N5S. The SMILES string of the molecule is FC(F)(F)c1cc(N2CCc3ccccc3C2)nc(NC(=S)NCc2ccccc2)n1. The van der Waals surface area contributed by atoms with E-state index < -0.39 is 11.9 Å². The third-order valence-corrected chi connectivity index (χ3v) is 5.23. The largest absolute Gasteiger partial charge is 0.433 e. The number of rotatable bonds is 4. The molecule has 0 atom stereocenters. The Morgan fingerprint density at radius 3 is 2.45 bits per heavy atom. The van der Waals surface area contributed by atoms with Gasteiger partial charge >= 0.3 is 6.18 Å². The van der Waals surface area contributed by atoms with Crippen molar-refractivity contribution in [2.45, 2.75) is 25.7 Å². The van der Waals surface area contributed by atoms with Crippen molar-refractivity contribution >= 4 is 29.1 Å². The molecule has 0 spiro atoms. The molecule has 160 valence electrons. The van der Waals surface area contributed by atoms with Crippen LogP contribution in [0.2, 0.25) is 0 Å². The summed E-state index contributed by atoms with van der Waals surface area (Å²) in [5, 5.41) is 5.81. The number of fused-ring (bicyclic) bond motifs is 1. The van der Waals surface area contributed by atoms with E-state index in [2.05, 4.69) is 20.6 Å². The molecule has 1 aromatic heterocycles. The highest BCUT2D eigenvalue weighted by atomic mass is 32.1. The lowest BCUT2D eigenvalue weighted by molar-refractivity contribution is -0.141. The minimum absolute atomic E-state index is 0.151. The Morgan fingerprint density at radius 2 is 1.71 bits per heavy atom. The number of benzene rings is 2. The van der Waals surface area contributed by atoms with Crippen LogP contribution in [0.15, 0.2) is 60.7 Å². The van der Waals surface area contributed by atoms with Crippen LogP contribution < -0.4 is 15.5 Å². The summed E-state index contributed by atoms with van der Waals surface area (Å²) in [4.78, 5) is 9.78. The van der Waals surface area contributed by atoms with Gasteiger partial charge in [-0.1, -0.05) is 54.6 Å². The van der Waals surface area contributed by atoms with Crippen LogP contribution >= 0.6 is 12.2 Å². The molecule has 2 N–H and O–H groups in total. The molecular weight excluding hydrogens is 423 g/mol. The van der Waals surface area contributed by atoms with Crippen LogP contribution in [-0.4, -0.2) is 21.6 Å². The average Bonchev–Trinajstić information content (AvgIpc) is 2.77. The van der Waals surface area contributed by atoms with Gasteiger partial charge in [0.15, 0.2) is 10.8 Å². The van der Waals surface area contributed by atoms with Crippen molar-refractivity contribution in [3.05, 3.63) is 83.0 Å². The summed E-state index contributed by atoms with van der Waals surface area (Å²) >= 11 is 5.23.